The summed E-state index contributed by atoms with van der Waals surface area (Å²) >= 11 is 1.99. The van der Waals surface area contributed by atoms with E-state index in [-0.39, 0.29) is 0 Å². The van der Waals surface area contributed by atoms with E-state index in [2.05, 4.69) is 53.2 Å². The van der Waals surface area contributed by atoms with Crippen molar-refractivity contribution in [1.82, 2.24) is 15.1 Å². The van der Waals surface area contributed by atoms with Crippen LogP contribution in [0.2, 0.25) is 0 Å². The Balaban J connectivity index is 1.62. The molecule has 0 radical (unpaired) electrons. The lowest BCUT2D eigenvalue weighted by Crippen LogP contribution is -2.16. The van der Waals surface area contributed by atoms with Crippen molar-refractivity contribution in [3.8, 4) is 0 Å². The summed E-state index contributed by atoms with van der Waals surface area (Å²) in [5.74, 6) is 0. The van der Waals surface area contributed by atoms with Gasteiger partial charge in [0.1, 0.15) is 0 Å². The van der Waals surface area contributed by atoms with Crippen molar-refractivity contribution < 1.29 is 0 Å². The molecule has 0 fully saturated rings. The Labute approximate surface area is 131 Å². The van der Waals surface area contributed by atoms with Gasteiger partial charge in [0.2, 0.25) is 0 Å². The second-order valence-corrected chi connectivity index (χ2v) is 7.01. The summed E-state index contributed by atoms with van der Waals surface area (Å²) in [4.78, 5) is 1.44. The largest absolute Gasteiger partial charge is 0.313 e. The molecule has 1 aromatic carbocycles. The minimum atomic E-state index is 0.609. The van der Waals surface area contributed by atoms with E-state index >= 15 is 0 Å². The number of nitrogens with zero attached hydrogens (tertiary/aromatic N) is 2. The van der Waals surface area contributed by atoms with Crippen LogP contribution >= 0.6 is 11.8 Å². The van der Waals surface area contributed by atoms with E-state index in [1.807, 2.05) is 18.0 Å². The summed E-state index contributed by atoms with van der Waals surface area (Å²) in [6.07, 6.45) is 4.35. The van der Waals surface area contributed by atoms with E-state index in [0.717, 1.165) is 26.1 Å². The van der Waals surface area contributed by atoms with Crippen molar-refractivity contribution in [2.75, 3.05) is 6.54 Å². The minimum Gasteiger partial charge on any atom is -0.313 e. The van der Waals surface area contributed by atoms with Gasteiger partial charge >= 0.3 is 0 Å². The third-order valence-electron chi connectivity index (χ3n) is 4.04. The van der Waals surface area contributed by atoms with Crippen LogP contribution in [0.5, 0.6) is 0 Å². The van der Waals surface area contributed by atoms with Gasteiger partial charge in [0.05, 0.1) is 12.7 Å². The number of aromatic nitrogens is 2. The highest BCUT2D eigenvalue weighted by Gasteiger charge is 2.23. The molecule has 0 spiro atoms. The molecule has 112 valence electrons. The lowest BCUT2D eigenvalue weighted by atomic mass is 10.1. The van der Waals surface area contributed by atoms with Crippen molar-refractivity contribution in [1.29, 1.82) is 0 Å². The minimum absolute atomic E-state index is 0.609. The first kappa shape index (κ1) is 14.7. The number of thioether (sulfide) groups is 1. The van der Waals surface area contributed by atoms with Crippen LogP contribution in [0.15, 0.2) is 35.4 Å². The zero-order valence-corrected chi connectivity index (χ0v) is 13.6. The molecule has 2 aromatic rings. The SMILES string of the molecule is CCCNCc1cnn(CC2Cc3ccccc3S2)c1C. The smallest absolute Gasteiger partial charge is 0.0538 e. The molecule has 3 rings (SSSR count). The summed E-state index contributed by atoms with van der Waals surface area (Å²) in [5, 5.41) is 8.65. The van der Waals surface area contributed by atoms with Crippen molar-refractivity contribution >= 4 is 11.8 Å². The van der Waals surface area contributed by atoms with Crippen molar-refractivity contribution in [2.24, 2.45) is 0 Å². The van der Waals surface area contributed by atoms with E-state index < -0.39 is 0 Å². The Morgan fingerprint density at radius 3 is 3.05 bits per heavy atom. The third kappa shape index (κ3) is 3.33. The van der Waals surface area contributed by atoms with E-state index in [9.17, 15) is 0 Å². The standard InChI is InChI=1S/C17H23N3S/c1-3-8-18-10-15-11-19-20(13(15)2)12-16-9-14-6-4-5-7-17(14)21-16/h4-7,11,16,18H,3,8-10,12H2,1-2H3. The first-order valence-electron chi connectivity index (χ1n) is 7.74. The lowest BCUT2D eigenvalue weighted by Gasteiger charge is -2.11. The number of nitrogens with one attached hydrogen (secondary N) is 1. The highest BCUT2D eigenvalue weighted by molar-refractivity contribution is 8.00. The molecule has 3 nitrogen and oxygen atoms in total. The molecule has 0 aliphatic carbocycles. The second kappa shape index (κ2) is 6.67. The summed E-state index contributed by atoms with van der Waals surface area (Å²) in [7, 11) is 0. The van der Waals surface area contributed by atoms with Gasteiger partial charge in [-0.25, -0.2) is 0 Å². The van der Waals surface area contributed by atoms with Crippen LogP contribution in [-0.4, -0.2) is 21.6 Å². The van der Waals surface area contributed by atoms with Crippen LogP contribution < -0.4 is 5.32 Å². The Morgan fingerprint density at radius 2 is 2.24 bits per heavy atom. The number of hydrogen-bond donors (Lipinski definition) is 1. The van der Waals surface area contributed by atoms with E-state index in [1.54, 1.807) is 0 Å². The molecule has 1 atom stereocenters. The highest BCUT2D eigenvalue weighted by atomic mass is 32.2. The van der Waals surface area contributed by atoms with Crippen molar-refractivity contribution in [3.05, 3.63) is 47.3 Å². The Morgan fingerprint density at radius 1 is 1.38 bits per heavy atom. The molecule has 1 aliphatic heterocycles. The molecule has 21 heavy (non-hydrogen) atoms. The zero-order valence-electron chi connectivity index (χ0n) is 12.8. The zero-order chi connectivity index (χ0) is 14.7. The van der Waals surface area contributed by atoms with Gasteiger partial charge in [-0.15, -0.1) is 11.8 Å². The average molecular weight is 301 g/mol. The molecular formula is C17H23N3S. The highest BCUT2D eigenvalue weighted by Crippen LogP contribution is 2.37. The normalized spacial score (nSPS) is 17.1. The molecule has 0 bridgehead atoms. The Kier molecular flexibility index (Phi) is 4.66. The monoisotopic (exact) mass is 301 g/mol. The maximum Gasteiger partial charge on any atom is 0.0538 e. The summed E-state index contributed by atoms with van der Waals surface area (Å²) in [6, 6.07) is 8.75. The molecule has 1 aliphatic rings. The van der Waals surface area contributed by atoms with E-state index in [1.165, 1.54) is 28.1 Å². The van der Waals surface area contributed by atoms with Gasteiger partial charge in [-0.05, 0) is 37.9 Å². The predicted molar refractivity (Wildman–Crippen MR) is 88.8 cm³/mol. The van der Waals surface area contributed by atoms with Crippen molar-refractivity contribution in [2.45, 2.75) is 49.9 Å². The van der Waals surface area contributed by atoms with Gasteiger partial charge in [-0.2, -0.15) is 5.10 Å². The fraction of sp³-hybridized carbons (Fsp3) is 0.471. The number of benzene rings is 1. The lowest BCUT2D eigenvalue weighted by molar-refractivity contribution is 0.578. The number of fused-ring (bicyclic) bond motifs is 1. The molecule has 1 unspecified atom stereocenters. The number of rotatable bonds is 6. The fourth-order valence-electron chi connectivity index (χ4n) is 2.79. The van der Waals surface area contributed by atoms with E-state index in [0.29, 0.717) is 5.25 Å². The number of hydrogen-bond acceptors (Lipinski definition) is 3. The topological polar surface area (TPSA) is 29.9 Å². The van der Waals surface area contributed by atoms with Crippen LogP contribution in [0.1, 0.15) is 30.2 Å². The summed E-state index contributed by atoms with van der Waals surface area (Å²) in [5.41, 5.74) is 4.11. The van der Waals surface area contributed by atoms with Gasteiger partial charge in [-0.1, -0.05) is 25.1 Å². The van der Waals surface area contributed by atoms with Crippen LogP contribution in [0, 0.1) is 6.92 Å². The predicted octanol–water partition coefficient (Wildman–Crippen LogP) is 3.41. The third-order valence-corrected chi connectivity index (χ3v) is 5.34. The van der Waals surface area contributed by atoms with Crippen LogP contribution in [0.3, 0.4) is 0 Å². The van der Waals surface area contributed by atoms with Gasteiger partial charge in [0.25, 0.3) is 0 Å². The molecule has 0 saturated carbocycles. The second-order valence-electron chi connectivity index (χ2n) is 5.67. The first-order chi connectivity index (χ1) is 10.3. The Hall–Kier alpha value is -1.26. The first-order valence-corrected chi connectivity index (χ1v) is 8.62. The molecular weight excluding hydrogens is 278 g/mol. The van der Waals surface area contributed by atoms with Gasteiger partial charge in [-0.3, -0.25) is 4.68 Å². The summed E-state index contributed by atoms with van der Waals surface area (Å²) < 4.78 is 2.17. The van der Waals surface area contributed by atoms with Crippen molar-refractivity contribution in [3.63, 3.8) is 0 Å². The fourth-order valence-corrected chi connectivity index (χ4v) is 4.09. The Bertz CT molecular complexity index is 581. The molecule has 0 saturated heterocycles. The maximum atomic E-state index is 4.58. The van der Waals surface area contributed by atoms with Crippen LogP contribution in [0.25, 0.3) is 0 Å². The van der Waals surface area contributed by atoms with Crippen LogP contribution in [0.4, 0.5) is 0 Å². The van der Waals surface area contributed by atoms with Crippen LogP contribution in [-0.2, 0) is 19.5 Å². The van der Waals surface area contributed by atoms with Gasteiger partial charge in [0.15, 0.2) is 0 Å². The molecule has 4 heteroatoms. The molecule has 1 N–H and O–H groups in total. The summed E-state index contributed by atoms with van der Waals surface area (Å²) in [6.45, 7) is 7.37. The van der Waals surface area contributed by atoms with E-state index in [4.69, 9.17) is 0 Å². The van der Waals surface area contributed by atoms with Gasteiger partial charge < -0.3 is 5.32 Å². The molecule has 2 heterocycles. The van der Waals surface area contributed by atoms with Gasteiger partial charge in [0, 0.05) is 27.9 Å². The maximum absolute atomic E-state index is 4.58. The average Bonchev–Trinajstić information content (AvgIpc) is 3.05. The molecule has 0 amide bonds. The quantitative estimate of drug-likeness (QED) is 0.829. The molecule has 1 aromatic heterocycles.